The number of carbonyl (C=O) groups is 2. The smallest absolute Gasteiger partial charge is 0.264 e. The molecule has 2 aliphatic rings. The van der Waals surface area contributed by atoms with Gasteiger partial charge in [-0.2, -0.15) is 8.42 Å². The van der Waals surface area contributed by atoms with Crippen molar-refractivity contribution >= 4 is 38.4 Å². The SMILES string of the molecule is C[C@H](CCCCOS(C)(=O)=O)C(=O)N1CC[C@H]1C(=O)CCc1ccc2c(c1)C(Cl)=CC2. The Morgan fingerprint density at radius 3 is 2.74 bits per heavy atom. The lowest BCUT2D eigenvalue weighted by Gasteiger charge is -2.41. The number of ketones is 1. The molecular formula is C23H30ClNO5S. The Morgan fingerprint density at radius 2 is 2.06 bits per heavy atom. The Bertz CT molecular complexity index is 972. The fourth-order valence-corrected chi connectivity index (χ4v) is 4.75. The Balaban J connectivity index is 1.42. The third-order valence-electron chi connectivity index (χ3n) is 6.02. The van der Waals surface area contributed by atoms with Crippen LogP contribution in [0.25, 0.3) is 5.03 Å². The molecule has 6 nitrogen and oxygen atoms in total. The number of benzene rings is 1. The molecule has 1 amide bonds. The molecule has 3 rings (SSSR count). The topological polar surface area (TPSA) is 80.8 Å². The zero-order valence-corrected chi connectivity index (χ0v) is 19.7. The number of aryl methyl sites for hydroxylation is 1. The molecule has 170 valence electrons. The van der Waals surface area contributed by atoms with Crippen LogP contribution >= 0.6 is 11.6 Å². The van der Waals surface area contributed by atoms with Gasteiger partial charge in [-0.15, -0.1) is 0 Å². The van der Waals surface area contributed by atoms with Gasteiger partial charge in [0.15, 0.2) is 5.78 Å². The number of hydrogen-bond acceptors (Lipinski definition) is 5. The molecule has 2 atom stereocenters. The fourth-order valence-electron chi connectivity index (χ4n) is 4.08. The zero-order chi connectivity index (χ0) is 22.6. The maximum absolute atomic E-state index is 12.7. The van der Waals surface area contributed by atoms with Crippen molar-refractivity contribution in [3.05, 3.63) is 41.0 Å². The van der Waals surface area contributed by atoms with Crippen LogP contribution in [0, 0.1) is 5.92 Å². The minimum absolute atomic E-state index is 0.00285. The highest BCUT2D eigenvalue weighted by Crippen LogP contribution is 2.31. The van der Waals surface area contributed by atoms with Crippen LogP contribution in [0.3, 0.4) is 0 Å². The first kappa shape index (κ1) is 24.0. The monoisotopic (exact) mass is 467 g/mol. The number of halogens is 1. The third kappa shape index (κ3) is 6.40. The molecule has 1 aliphatic carbocycles. The minimum atomic E-state index is -3.42. The van der Waals surface area contributed by atoms with Crippen molar-refractivity contribution in [1.82, 2.24) is 4.90 Å². The van der Waals surface area contributed by atoms with Crippen LogP contribution < -0.4 is 0 Å². The van der Waals surface area contributed by atoms with Crippen molar-refractivity contribution < 1.29 is 22.2 Å². The molecule has 1 aromatic rings. The number of hydrogen-bond donors (Lipinski definition) is 0. The summed E-state index contributed by atoms with van der Waals surface area (Å²) in [5.74, 6) is -0.0851. The molecule has 1 aliphatic heterocycles. The third-order valence-corrected chi connectivity index (χ3v) is 6.97. The maximum atomic E-state index is 12.7. The molecule has 1 fully saturated rings. The summed E-state index contributed by atoms with van der Waals surface area (Å²) in [5.41, 5.74) is 3.36. The highest BCUT2D eigenvalue weighted by Gasteiger charge is 2.38. The van der Waals surface area contributed by atoms with Gasteiger partial charge in [-0.25, -0.2) is 0 Å². The quantitative estimate of drug-likeness (QED) is 0.366. The Hall–Kier alpha value is -1.70. The van der Waals surface area contributed by atoms with E-state index in [9.17, 15) is 18.0 Å². The first-order valence-corrected chi connectivity index (χ1v) is 13.0. The van der Waals surface area contributed by atoms with Gasteiger partial charge in [0.25, 0.3) is 10.1 Å². The number of allylic oxidation sites excluding steroid dienone is 1. The van der Waals surface area contributed by atoms with Crippen LogP contribution in [0.4, 0.5) is 0 Å². The summed E-state index contributed by atoms with van der Waals surface area (Å²) >= 11 is 6.23. The van der Waals surface area contributed by atoms with Crippen molar-refractivity contribution in [1.29, 1.82) is 0 Å². The molecule has 0 N–H and O–H groups in total. The van der Waals surface area contributed by atoms with Gasteiger partial charge in [0, 0.05) is 23.9 Å². The van der Waals surface area contributed by atoms with E-state index in [0.29, 0.717) is 38.6 Å². The first-order valence-electron chi connectivity index (χ1n) is 10.8. The molecule has 0 unspecified atom stereocenters. The number of Topliss-reactive ketones (excluding diaryl/α,β-unsaturated/α-hetero) is 1. The standard InChI is InChI=1S/C23H30ClNO5S/c1-16(5-3-4-14-30-31(2,28)29)23(27)25-13-12-21(25)22(26)11-7-17-6-8-18-9-10-20(24)19(18)15-17/h6,8,10,15-16,21H,3-5,7,9,11-14H2,1-2H3/t16-,21+/m1/s1. The van der Waals surface area contributed by atoms with Crippen LogP contribution in [-0.2, 0) is 36.7 Å². The number of unbranched alkanes of at least 4 members (excludes halogenated alkanes) is 1. The van der Waals surface area contributed by atoms with Gasteiger partial charge in [0.05, 0.1) is 18.9 Å². The van der Waals surface area contributed by atoms with Crippen molar-refractivity contribution in [2.75, 3.05) is 19.4 Å². The van der Waals surface area contributed by atoms with Crippen molar-refractivity contribution in [2.24, 2.45) is 5.92 Å². The Labute approximate surface area is 189 Å². The van der Waals surface area contributed by atoms with Gasteiger partial charge in [0.2, 0.25) is 5.91 Å². The van der Waals surface area contributed by atoms with E-state index in [2.05, 4.69) is 18.2 Å². The summed E-state index contributed by atoms with van der Waals surface area (Å²) in [7, 11) is -3.42. The van der Waals surface area contributed by atoms with E-state index in [1.165, 1.54) is 5.56 Å². The van der Waals surface area contributed by atoms with Gasteiger partial charge in [-0.3, -0.25) is 13.8 Å². The predicted molar refractivity (Wildman–Crippen MR) is 121 cm³/mol. The van der Waals surface area contributed by atoms with Gasteiger partial charge < -0.3 is 4.90 Å². The molecular weight excluding hydrogens is 438 g/mol. The largest absolute Gasteiger partial charge is 0.332 e. The number of fused-ring (bicyclic) bond motifs is 1. The minimum Gasteiger partial charge on any atom is -0.332 e. The van der Waals surface area contributed by atoms with Gasteiger partial charge >= 0.3 is 0 Å². The predicted octanol–water partition coefficient (Wildman–Crippen LogP) is 3.71. The second-order valence-electron chi connectivity index (χ2n) is 8.47. The normalized spacial score (nSPS) is 18.9. The molecule has 1 heterocycles. The molecule has 0 bridgehead atoms. The lowest BCUT2D eigenvalue weighted by Crippen LogP contribution is -2.56. The van der Waals surface area contributed by atoms with Crippen LogP contribution in [-0.4, -0.2) is 50.5 Å². The van der Waals surface area contributed by atoms with E-state index in [1.807, 2.05) is 13.0 Å². The van der Waals surface area contributed by atoms with E-state index in [0.717, 1.165) is 35.3 Å². The zero-order valence-electron chi connectivity index (χ0n) is 18.1. The molecule has 1 aromatic carbocycles. The Kier molecular flexibility index (Phi) is 7.94. The van der Waals surface area contributed by atoms with E-state index in [4.69, 9.17) is 15.8 Å². The van der Waals surface area contributed by atoms with Crippen molar-refractivity contribution in [2.45, 2.75) is 57.9 Å². The van der Waals surface area contributed by atoms with Crippen LogP contribution in [0.15, 0.2) is 24.3 Å². The second kappa shape index (κ2) is 10.3. The molecule has 8 heteroatoms. The van der Waals surface area contributed by atoms with Gasteiger partial charge in [0.1, 0.15) is 0 Å². The summed E-state index contributed by atoms with van der Waals surface area (Å²) in [6.45, 7) is 2.62. The number of carbonyl (C=O) groups excluding carboxylic acids is 2. The summed E-state index contributed by atoms with van der Waals surface area (Å²) in [6.07, 6.45) is 7.57. The number of rotatable bonds is 11. The van der Waals surface area contributed by atoms with Crippen LogP contribution in [0.1, 0.15) is 55.7 Å². The lowest BCUT2D eigenvalue weighted by molar-refractivity contribution is -0.149. The molecule has 1 saturated heterocycles. The lowest BCUT2D eigenvalue weighted by atomic mass is 9.91. The molecule has 31 heavy (non-hydrogen) atoms. The maximum Gasteiger partial charge on any atom is 0.264 e. The van der Waals surface area contributed by atoms with Crippen LogP contribution in [0.5, 0.6) is 0 Å². The number of likely N-dealkylation sites (tertiary alicyclic amines) is 1. The van der Waals surface area contributed by atoms with Crippen molar-refractivity contribution in [3.63, 3.8) is 0 Å². The summed E-state index contributed by atoms with van der Waals surface area (Å²) in [6, 6.07) is 5.87. The average Bonchev–Trinajstić information content (AvgIpc) is 3.04. The van der Waals surface area contributed by atoms with E-state index in [1.54, 1.807) is 4.90 Å². The highest BCUT2D eigenvalue weighted by molar-refractivity contribution is 7.85. The molecule has 0 aromatic heterocycles. The van der Waals surface area contributed by atoms with Gasteiger partial charge in [-0.05, 0) is 54.9 Å². The summed E-state index contributed by atoms with van der Waals surface area (Å²) in [4.78, 5) is 27.1. The van der Waals surface area contributed by atoms with Gasteiger partial charge in [-0.1, -0.05) is 43.2 Å². The molecule has 0 saturated carbocycles. The Morgan fingerprint density at radius 1 is 1.29 bits per heavy atom. The highest BCUT2D eigenvalue weighted by atomic mass is 35.5. The number of amides is 1. The molecule has 0 spiro atoms. The van der Waals surface area contributed by atoms with Crippen molar-refractivity contribution in [3.8, 4) is 0 Å². The summed E-state index contributed by atoms with van der Waals surface area (Å²) in [5, 5.41) is 0.774. The average molecular weight is 468 g/mol. The fraction of sp³-hybridized carbons (Fsp3) is 0.565. The van der Waals surface area contributed by atoms with E-state index >= 15 is 0 Å². The summed E-state index contributed by atoms with van der Waals surface area (Å²) < 4.78 is 26.6. The van der Waals surface area contributed by atoms with E-state index < -0.39 is 10.1 Å². The van der Waals surface area contributed by atoms with Crippen LogP contribution in [0.2, 0.25) is 0 Å². The first-order chi connectivity index (χ1) is 14.7. The number of nitrogens with zero attached hydrogens (tertiary/aromatic N) is 1. The van der Waals surface area contributed by atoms with E-state index in [-0.39, 0.29) is 30.3 Å². The molecule has 0 radical (unpaired) electrons. The second-order valence-corrected chi connectivity index (χ2v) is 10.5.